The second-order valence-corrected chi connectivity index (χ2v) is 5.00. The summed E-state index contributed by atoms with van der Waals surface area (Å²) in [5.41, 5.74) is 0.346. The van der Waals surface area contributed by atoms with Gasteiger partial charge in [0.2, 0.25) is 0 Å². The van der Waals surface area contributed by atoms with Gasteiger partial charge in [0.25, 0.3) is 11.6 Å². The van der Waals surface area contributed by atoms with Gasteiger partial charge in [-0.15, -0.1) is 0 Å². The zero-order chi connectivity index (χ0) is 18.4. The predicted molar refractivity (Wildman–Crippen MR) is 90.4 cm³/mol. The zero-order valence-corrected chi connectivity index (χ0v) is 14.1. The lowest BCUT2D eigenvalue weighted by Gasteiger charge is -2.12. The van der Waals surface area contributed by atoms with Crippen LogP contribution in [0.5, 0.6) is 17.2 Å². The lowest BCUT2D eigenvalue weighted by molar-refractivity contribution is -0.385. The van der Waals surface area contributed by atoms with Crippen molar-refractivity contribution < 1.29 is 23.9 Å². The van der Waals surface area contributed by atoms with E-state index in [-0.39, 0.29) is 17.8 Å². The third-order valence-corrected chi connectivity index (χ3v) is 3.58. The van der Waals surface area contributed by atoms with E-state index in [0.29, 0.717) is 22.8 Å². The predicted octanol–water partition coefficient (Wildman–Crippen LogP) is 2.55. The lowest BCUT2D eigenvalue weighted by Crippen LogP contribution is -2.24. The number of benzene rings is 2. The maximum atomic E-state index is 12.4. The van der Waals surface area contributed by atoms with Gasteiger partial charge < -0.3 is 19.5 Å². The van der Waals surface area contributed by atoms with Crippen LogP contribution in [0.1, 0.15) is 15.9 Å². The van der Waals surface area contributed by atoms with E-state index in [1.165, 1.54) is 39.5 Å². The fourth-order valence-electron chi connectivity index (χ4n) is 2.25. The summed E-state index contributed by atoms with van der Waals surface area (Å²) in [7, 11) is 4.47. The fraction of sp³-hybridized carbons (Fsp3) is 0.235. The molecule has 0 aromatic heterocycles. The van der Waals surface area contributed by atoms with E-state index in [9.17, 15) is 14.9 Å². The molecule has 8 heteroatoms. The van der Waals surface area contributed by atoms with Crippen molar-refractivity contribution in [1.29, 1.82) is 0 Å². The normalized spacial score (nSPS) is 10.0. The first-order valence-electron chi connectivity index (χ1n) is 7.31. The Kier molecular flexibility index (Phi) is 5.78. The van der Waals surface area contributed by atoms with Crippen LogP contribution in [-0.2, 0) is 6.54 Å². The van der Waals surface area contributed by atoms with Crippen LogP contribution >= 0.6 is 0 Å². The van der Waals surface area contributed by atoms with Crippen molar-refractivity contribution in [3.05, 3.63) is 57.6 Å². The van der Waals surface area contributed by atoms with Gasteiger partial charge in [-0.25, -0.2) is 0 Å². The smallest absolute Gasteiger partial charge is 0.282 e. The molecule has 1 N–H and O–H groups in total. The third kappa shape index (κ3) is 4.17. The monoisotopic (exact) mass is 346 g/mol. The van der Waals surface area contributed by atoms with E-state index in [1.54, 1.807) is 18.2 Å². The molecule has 2 aromatic rings. The molecule has 2 rings (SSSR count). The van der Waals surface area contributed by atoms with Gasteiger partial charge in [-0.3, -0.25) is 14.9 Å². The molecule has 0 bridgehead atoms. The Labute approximate surface area is 144 Å². The van der Waals surface area contributed by atoms with Crippen LogP contribution in [0.2, 0.25) is 0 Å². The number of amides is 1. The SMILES string of the molecule is COc1ccc(CNC(=O)c2cc(OC)ccc2[N+](=O)[O-])c(OC)c1. The molecule has 0 atom stereocenters. The van der Waals surface area contributed by atoms with Crippen molar-refractivity contribution in [1.82, 2.24) is 5.32 Å². The minimum atomic E-state index is -0.609. The van der Waals surface area contributed by atoms with Gasteiger partial charge in [0.05, 0.1) is 26.3 Å². The first-order chi connectivity index (χ1) is 12.0. The van der Waals surface area contributed by atoms with Gasteiger partial charge >= 0.3 is 0 Å². The number of nitro benzene ring substituents is 1. The number of methoxy groups -OCH3 is 3. The number of hydrogen-bond donors (Lipinski definition) is 1. The molecule has 0 aliphatic rings. The second-order valence-electron chi connectivity index (χ2n) is 5.00. The molecule has 132 valence electrons. The van der Waals surface area contributed by atoms with Crippen LogP contribution in [0.3, 0.4) is 0 Å². The van der Waals surface area contributed by atoms with Crippen LogP contribution in [0.25, 0.3) is 0 Å². The number of rotatable bonds is 7. The molecule has 0 heterocycles. The summed E-state index contributed by atoms with van der Waals surface area (Å²) in [5.74, 6) is 0.941. The van der Waals surface area contributed by atoms with Crippen LogP contribution in [0, 0.1) is 10.1 Å². The van der Waals surface area contributed by atoms with E-state index < -0.39 is 10.8 Å². The van der Waals surface area contributed by atoms with Crippen LogP contribution in [-0.4, -0.2) is 32.2 Å². The summed E-state index contributed by atoms with van der Waals surface area (Å²) < 4.78 is 15.4. The number of hydrogen-bond acceptors (Lipinski definition) is 6. The Bertz CT molecular complexity index is 791. The molecule has 1 amide bonds. The number of nitrogens with zero attached hydrogens (tertiary/aromatic N) is 1. The third-order valence-electron chi connectivity index (χ3n) is 3.58. The minimum absolute atomic E-state index is 0.0724. The van der Waals surface area contributed by atoms with Gasteiger partial charge in [0.15, 0.2) is 0 Å². The van der Waals surface area contributed by atoms with E-state index in [4.69, 9.17) is 14.2 Å². The molecular formula is C17H18N2O6. The van der Waals surface area contributed by atoms with Gasteiger partial charge in [-0.2, -0.15) is 0 Å². The molecule has 8 nitrogen and oxygen atoms in total. The van der Waals surface area contributed by atoms with Gasteiger partial charge in [0.1, 0.15) is 22.8 Å². The Morgan fingerprint density at radius 2 is 1.68 bits per heavy atom. The number of carbonyl (C=O) groups excluding carboxylic acids is 1. The van der Waals surface area contributed by atoms with Gasteiger partial charge in [-0.05, 0) is 24.3 Å². The van der Waals surface area contributed by atoms with E-state index >= 15 is 0 Å². The van der Waals surface area contributed by atoms with E-state index in [2.05, 4.69) is 5.32 Å². The minimum Gasteiger partial charge on any atom is -0.497 e. The summed E-state index contributed by atoms with van der Waals surface area (Å²) in [6.45, 7) is 0.139. The summed E-state index contributed by atoms with van der Waals surface area (Å²) in [6, 6.07) is 9.17. The molecule has 0 unspecified atom stereocenters. The average Bonchev–Trinajstić information content (AvgIpc) is 2.65. The summed E-state index contributed by atoms with van der Waals surface area (Å²) in [4.78, 5) is 22.9. The highest BCUT2D eigenvalue weighted by atomic mass is 16.6. The Hall–Kier alpha value is -3.29. The maximum absolute atomic E-state index is 12.4. The highest BCUT2D eigenvalue weighted by molar-refractivity contribution is 5.98. The topological polar surface area (TPSA) is 99.9 Å². The lowest BCUT2D eigenvalue weighted by atomic mass is 10.1. The molecule has 0 radical (unpaired) electrons. The van der Waals surface area contributed by atoms with Crippen molar-refractivity contribution in [2.75, 3.05) is 21.3 Å². The Balaban J connectivity index is 2.22. The molecule has 0 aliphatic carbocycles. The largest absolute Gasteiger partial charge is 0.497 e. The molecule has 25 heavy (non-hydrogen) atoms. The van der Waals surface area contributed by atoms with Crippen molar-refractivity contribution in [2.24, 2.45) is 0 Å². The average molecular weight is 346 g/mol. The van der Waals surface area contributed by atoms with Crippen molar-refractivity contribution in [3.63, 3.8) is 0 Å². The van der Waals surface area contributed by atoms with Gasteiger partial charge in [-0.1, -0.05) is 0 Å². The number of ether oxygens (including phenoxy) is 3. The highest BCUT2D eigenvalue weighted by Crippen LogP contribution is 2.26. The zero-order valence-electron chi connectivity index (χ0n) is 14.1. The molecule has 0 spiro atoms. The molecular weight excluding hydrogens is 328 g/mol. The summed E-state index contributed by atoms with van der Waals surface area (Å²) >= 11 is 0. The second kappa shape index (κ2) is 8.00. The summed E-state index contributed by atoms with van der Waals surface area (Å²) in [6.07, 6.45) is 0. The molecule has 0 fully saturated rings. The fourth-order valence-corrected chi connectivity index (χ4v) is 2.25. The Morgan fingerprint density at radius 3 is 2.28 bits per heavy atom. The first kappa shape index (κ1) is 18.1. The van der Waals surface area contributed by atoms with Crippen LogP contribution in [0.15, 0.2) is 36.4 Å². The van der Waals surface area contributed by atoms with Crippen LogP contribution in [0.4, 0.5) is 5.69 Å². The molecule has 0 aliphatic heterocycles. The van der Waals surface area contributed by atoms with E-state index in [0.717, 1.165) is 0 Å². The molecule has 0 saturated carbocycles. The maximum Gasteiger partial charge on any atom is 0.282 e. The van der Waals surface area contributed by atoms with Crippen molar-refractivity contribution in [2.45, 2.75) is 6.54 Å². The summed E-state index contributed by atoms with van der Waals surface area (Å²) in [5, 5.41) is 13.8. The number of nitrogens with one attached hydrogen (secondary N) is 1. The van der Waals surface area contributed by atoms with E-state index in [1.807, 2.05) is 0 Å². The number of carbonyl (C=O) groups is 1. The Morgan fingerprint density at radius 1 is 1.04 bits per heavy atom. The quantitative estimate of drug-likeness (QED) is 0.611. The van der Waals surface area contributed by atoms with Crippen LogP contribution < -0.4 is 19.5 Å². The molecule has 2 aromatic carbocycles. The van der Waals surface area contributed by atoms with Gasteiger partial charge in [0, 0.05) is 24.2 Å². The standard InChI is InChI=1S/C17H18N2O6/c1-23-12-6-7-15(19(21)22)14(8-12)17(20)18-10-11-4-5-13(24-2)9-16(11)25-3/h4-9H,10H2,1-3H3,(H,18,20). The molecule has 0 saturated heterocycles. The highest BCUT2D eigenvalue weighted by Gasteiger charge is 2.21. The number of nitro groups is 1. The van der Waals surface area contributed by atoms with Crippen molar-refractivity contribution >= 4 is 11.6 Å². The van der Waals surface area contributed by atoms with Crippen molar-refractivity contribution in [3.8, 4) is 17.2 Å². The first-order valence-corrected chi connectivity index (χ1v) is 7.31.